The third-order valence-corrected chi connectivity index (χ3v) is 4.38. The lowest BCUT2D eigenvalue weighted by molar-refractivity contribution is -0.116. The van der Waals surface area contributed by atoms with E-state index in [4.69, 9.17) is 22.1 Å². The quantitative estimate of drug-likeness (QED) is 0.494. The number of benzene rings is 3. The highest BCUT2D eigenvalue weighted by atomic mass is 35.5. The van der Waals surface area contributed by atoms with E-state index >= 15 is 0 Å². The molecule has 6 nitrogen and oxygen atoms in total. The van der Waals surface area contributed by atoms with Gasteiger partial charge in [0, 0.05) is 5.02 Å². The average molecular weight is 428 g/mol. The molecule has 1 atom stereocenters. The molecule has 0 saturated carbocycles. The number of rotatable bonds is 7. The van der Waals surface area contributed by atoms with Crippen LogP contribution in [0.2, 0.25) is 5.02 Å². The van der Waals surface area contributed by atoms with Gasteiger partial charge in [-0.1, -0.05) is 41.9 Å². The first-order valence-corrected chi connectivity index (χ1v) is 9.42. The molecule has 8 heteroatoms. The maximum Gasteiger partial charge on any atom is 0.312 e. The number of halogens is 2. The fourth-order valence-electron chi connectivity index (χ4n) is 2.82. The van der Waals surface area contributed by atoms with Gasteiger partial charge in [0.05, 0.1) is 18.2 Å². The number of ether oxygens (including phenoxy) is 1. The van der Waals surface area contributed by atoms with Gasteiger partial charge >= 0.3 is 6.03 Å². The van der Waals surface area contributed by atoms with Gasteiger partial charge in [-0.15, -0.1) is 0 Å². The van der Waals surface area contributed by atoms with Gasteiger partial charge in [0.25, 0.3) is 0 Å². The summed E-state index contributed by atoms with van der Waals surface area (Å²) in [5.41, 5.74) is 5.83. The second-order valence-electron chi connectivity index (χ2n) is 6.43. The molecule has 154 valence electrons. The average Bonchev–Trinajstić information content (AvgIpc) is 2.71. The van der Waals surface area contributed by atoms with Crippen LogP contribution in [-0.4, -0.2) is 11.9 Å². The van der Waals surface area contributed by atoms with E-state index in [0.29, 0.717) is 17.1 Å². The van der Waals surface area contributed by atoms with Crippen molar-refractivity contribution in [3.8, 4) is 11.5 Å². The number of hydrogen-bond acceptors (Lipinski definition) is 3. The first-order chi connectivity index (χ1) is 14.4. The summed E-state index contributed by atoms with van der Waals surface area (Å²) in [5, 5.41) is 5.27. The Hall–Kier alpha value is -3.58. The summed E-state index contributed by atoms with van der Waals surface area (Å²) in [7, 11) is 0. The molecule has 0 heterocycles. The number of hydrogen-bond donors (Lipinski definition) is 3. The highest BCUT2D eigenvalue weighted by molar-refractivity contribution is 6.30. The zero-order valence-electron chi connectivity index (χ0n) is 15.8. The lowest BCUT2D eigenvalue weighted by Gasteiger charge is -2.19. The topological polar surface area (TPSA) is 93.5 Å². The molecule has 1 unspecified atom stereocenters. The Balaban J connectivity index is 1.77. The van der Waals surface area contributed by atoms with Crippen molar-refractivity contribution >= 4 is 29.2 Å². The predicted molar refractivity (Wildman–Crippen MR) is 113 cm³/mol. The van der Waals surface area contributed by atoms with Crippen LogP contribution >= 0.6 is 11.6 Å². The molecule has 0 aliphatic rings. The lowest BCUT2D eigenvalue weighted by Crippen LogP contribution is -2.35. The first kappa shape index (κ1) is 21.1. The van der Waals surface area contributed by atoms with E-state index in [0.717, 1.165) is 6.07 Å². The maximum absolute atomic E-state index is 13.9. The molecule has 30 heavy (non-hydrogen) atoms. The number of carbonyl (C=O) groups is 2. The Morgan fingerprint density at radius 1 is 1.00 bits per heavy atom. The Bertz CT molecular complexity index is 1050. The largest absolute Gasteiger partial charge is 0.457 e. The first-order valence-electron chi connectivity index (χ1n) is 9.04. The van der Waals surface area contributed by atoms with Gasteiger partial charge in [-0.3, -0.25) is 4.79 Å². The van der Waals surface area contributed by atoms with Crippen LogP contribution in [0, 0.1) is 5.82 Å². The number of primary amides is 1. The molecule has 0 bridgehead atoms. The number of nitrogens with two attached hydrogens (primary N) is 1. The number of para-hydroxylation sites is 1. The molecular weight excluding hydrogens is 409 g/mol. The summed E-state index contributed by atoms with van der Waals surface area (Å²) in [5.74, 6) is 0.0224. The van der Waals surface area contributed by atoms with Crippen molar-refractivity contribution in [1.29, 1.82) is 0 Å². The molecule has 4 N–H and O–H groups in total. The van der Waals surface area contributed by atoms with E-state index in [1.54, 1.807) is 36.4 Å². The third-order valence-electron chi connectivity index (χ3n) is 4.15. The van der Waals surface area contributed by atoms with Crippen LogP contribution in [0.1, 0.15) is 18.0 Å². The van der Waals surface area contributed by atoms with Crippen molar-refractivity contribution in [2.75, 3.05) is 5.32 Å². The Morgan fingerprint density at radius 3 is 2.47 bits per heavy atom. The normalized spacial score (nSPS) is 11.4. The van der Waals surface area contributed by atoms with E-state index in [9.17, 15) is 14.0 Å². The van der Waals surface area contributed by atoms with E-state index < -0.39 is 23.8 Å². The van der Waals surface area contributed by atoms with Crippen LogP contribution in [0.3, 0.4) is 0 Å². The predicted octanol–water partition coefficient (Wildman–Crippen LogP) is 5.01. The van der Waals surface area contributed by atoms with E-state index in [1.807, 2.05) is 18.2 Å². The zero-order valence-corrected chi connectivity index (χ0v) is 16.5. The van der Waals surface area contributed by atoms with Crippen LogP contribution < -0.4 is 21.1 Å². The van der Waals surface area contributed by atoms with Crippen LogP contribution in [0.4, 0.5) is 14.9 Å². The van der Waals surface area contributed by atoms with E-state index in [2.05, 4.69) is 10.6 Å². The summed E-state index contributed by atoms with van der Waals surface area (Å²) in [4.78, 5) is 23.9. The molecule has 0 aliphatic heterocycles. The summed E-state index contributed by atoms with van der Waals surface area (Å²) in [6.45, 7) is 0. The van der Waals surface area contributed by atoms with Crippen LogP contribution in [-0.2, 0) is 4.79 Å². The van der Waals surface area contributed by atoms with Crippen molar-refractivity contribution in [3.05, 3.63) is 89.2 Å². The number of amides is 3. The minimum absolute atomic E-state index is 0.0495. The molecule has 0 fully saturated rings. The molecule has 3 aromatic carbocycles. The molecule has 0 spiro atoms. The number of carbonyl (C=O) groups excluding carboxylic acids is 2. The maximum atomic E-state index is 13.9. The standard InChI is InChI=1S/C22H19ClFN3O3/c23-15-9-10-18(24)20(12-15)26-21(28)13-19(27-22(25)29)14-5-4-8-17(11-14)30-16-6-2-1-3-7-16/h1-12,19H,13H2,(H,26,28)(H3,25,27,29). The molecule has 3 rings (SSSR count). The van der Waals surface area contributed by atoms with Gasteiger partial charge < -0.3 is 21.1 Å². The van der Waals surface area contributed by atoms with Gasteiger partial charge in [-0.05, 0) is 48.0 Å². The van der Waals surface area contributed by atoms with Gasteiger partial charge in [0.15, 0.2) is 0 Å². The highest BCUT2D eigenvalue weighted by Gasteiger charge is 2.19. The smallest absolute Gasteiger partial charge is 0.312 e. The molecule has 0 aromatic heterocycles. The molecule has 0 saturated heterocycles. The minimum atomic E-state index is -0.795. The summed E-state index contributed by atoms with van der Waals surface area (Å²) < 4.78 is 19.7. The van der Waals surface area contributed by atoms with Gasteiger partial charge in [-0.25, -0.2) is 9.18 Å². The highest BCUT2D eigenvalue weighted by Crippen LogP contribution is 2.27. The number of nitrogens with one attached hydrogen (secondary N) is 2. The molecular formula is C22H19ClFN3O3. The van der Waals surface area contributed by atoms with Crippen molar-refractivity contribution in [2.24, 2.45) is 5.73 Å². The number of urea groups is 1. The van der Waals surface area contributed by atoms with Crippen molar-refractivity contribution in [2.45, 2.75) is 12.5 Å². The molecule has 3 amide bonds. The van der Waals surface area contributed by atoms with Crippen LogP contribution in [0.15, 0.2) is 72.8 Å². The second kappa shape index (κ2) is 9.76. The van der Waals surface area contributed by atoms with E-state index in [-0.39, 0.29) is 17.1 Å². The lowest BCUT2D eigenvalue weighted by atomic mass is 10.0. The third kappa shape index (κ3) is 5.96. The summed E-state index contributed by atoms with van der Waals surface area (Å²) in [6.07, 6.45) is -0.177. The van der Waals surface area contributed by atoms with E-state index in [1.165, 1.54) is 12.1 Å². The Labute approximate surface area is 177 Å². The van der Waals surface area contributed by atoms with Gasteiger partial charge in [0.2, 0.25) is 5.91 Å². The van der Waals surface area contributed by atoms with Crippen molar-refractivity contribution < 1.29 is 18.7 Å². The summed E-state index contributed by atoms with van der Waals surface area (Å²) >= 11 is 5.85. The Kier molecular flexibility index (Phi) is 6.87. The summed E-state index contributed by atoms with van der Waals surface area (Å²) in [6, 6.07) is 18.4. The molecule has 0 radical (unpaired) electrons. The molecule has 0 aliphatic carbocycles. The van der Waals surface area contributed by atoms with Crippen LogP contribution in [0.25, 0.3) is 0 Å². The zero-order chi connectivity index (χ0) is 21.5. The fourth-order valence-corrected chi connectivity index (χ4v) is 3.00. The molecule has 3 aromatic rings. The van der Waals surface area contributed by atoms with Gasteiger partial charge in [-0.2, -0.15) is 0 Å². The fraction of sp³-hybridized carbons (Fsp3) is 0.0909. The van der Waals surface area contributed by atoms with Crippen LogP contribution in [0.5, 0.6) is 11.5 Å². The Morgan fingerprint density at radius 2 is 1.73 bits per heavy atom. The second-order valence-corrected chi connectivity index (χ2v) is 6.86. The van der Waals surface area contributed by atoms with Crippen molar-refractivity contribution in [3.63, 3.8) is 0 Å². The van der Waals surface area contributed by atoms with Gasteiger partial charge in [0.1, 0.15) is 17.3 Å². The minimum Gasteiger partial charge on any atom is -0.457 e. The number of anilines is 1. The van der Waals surface area contributed by atoms with Crippen molar-refractivity contribution in [1.82, 2.24) is 5.32 Å². The monoisotopic (exact) mass is 427 g/mol. The SMILES string of the molecule is NC(=O)NC(CC(=O)Nc1cc(Cl)ccc1F)c1cccc(Oc2ccccc2)c1.